The summed E-state index contributed by atoms with van der Waals surface area (Å²) in [7, 11) is 0. The molecule has 2 atom stereocenters. The second kappa shape index (κ2) is 11.0. The van der Waals surface area contributed by atoms with E-state index in [1.165, 1.54) is 37.7 Å². The molecule has 3 aromatic rings. The number of fused-ring (bicyclic) bond motifs is 1. The molecule has 198 valence electrons. The van der Waals surface area contributed by atoms with Gasteiger partial charge in [0, 0.05) is 49.9 Å². The van der Waals surface area contributed by atoms with Gasteiger partial charge < -0.3 is 9.72 Å². The Morgan fingerprint density at radius 2 is 1.89 bits per heavy atom. The summed E-state index contributed by atoms with van der Waals surface area (Å²) in [5.74, 6) is 0.734. The minimum absolute atomic E-state index is 0.0666. The van der Waals surface area contributed by atoms with Gasteiger partial charge in [-0.05, 0) is 71.7 Å². The van der Waals surface area contributed by atoms with Crippen LogP contribution in [0.15, 0.2) is 29.1 Å². The lowest BCUT2D eigenvalue weighted by Crippen LogP contribution is -2.52. The number of aryl methyl sites for hydroxylation is 1. The average molecular weight is 506 g/mol. The second-order valence-electron chi connectivity index (χ2n) is 10.9. The molecular weight excluding hydrogens is 466 g/mol. The van der Waals surface area contributed by atoms with Crippen LogP contribution in [0, 0.1) is 0 Å². The van der Waals surface area contributed by atoms with Crippen molar-refractivity contribution in [3.05, 3.63) is 51.6 Å². The van der Waals surface area contributed by atoms with E-state index >= 15 is 0 Å². The predicted octanol–water partition coefficient (Wildman–Crippen LogP) is 3.30. The maximum atomic E-state index is 13.5. The molecule has 0 amide bonds. The summed E-state index contributed by atoms with van der Waals surface area (Å²) < 4.78 is 7.77. The quantitative estimate of drug-likeness (QED) is 0.527. The summed E-state index contributed by atoms with van der Waals surface area (Å²) in [6, 6.07) is 8.75. The average Bonchev–Trinajstić information content (AvgIpc) is 3.63. The number of H-pyrrole nitrogens is 1. The Hall–Kier alpha value is -2.62. The smallest absolute Gasteiger partial charge is 0.253 e. The van der Waals surface area contributed by atoms with Crippen LogP contribution in [0.2, 0.25) is 0 Å². The molecule has 1 aliphatic carbocycles. The fourth-order valence-electron chi connectivity index (χ4n) is 6.52. The largest absolute Gasteiger partial charge is 0.376 e. The summed E-state index contributed by atoms with van der Waals surface area (Å²) in [5, 5.41) is 14.0. The van der Waals surface area contributed by atoms with Crippen molar-refractivity contribution in [2.45, 2.75) is 83.0 Å². The number of aromatic nitrogens is 5. The van der Waals surface area contributed by atoms with Gasteiger partial charge in [-0.15, -0.1) is 5.10 Å². The molecule has 1 N–H and O–H groups in total. The third-order valence-corrected chi connectivity index (χ3v) is 8.65. The van der Waals surface area contributed by atoms with Crippen LogP contribution in [0.25, 0.3) is 10.9 Å². The van der Waals surface area contributed by atoms with Crippen LogP contribution in [0.1, 0.15) is 74.9 Å². The SMILES string of the molecule is CCc1ccc2[nH]c(=O)c([C@H](c3nnnn3C[C@@H]3CCCO3)N3CCN(C4CCCCC4)CC3)cc2c1. The number of rotatable bonds is 7. The molecule has 2 aliphatic heterocycles. The van der Waals surface area contributed by atoms with E-state index in [1.807, 2.05) is 10.7 Å². The Morgan fingerprint density at radius 1 is 1.05 bits per heavy atom. The zero-order chi connectivity index (χ0) is 25.2. The van der Waals surface area contributed by atoms with Crippen molar-refractivity contribution in [3.8, 4) is 0 Å². The molecule has 0 bridgehead atoms. The van der Waals surface area contributed by atoms with Gasteiger partial charge >= 0.3 is 0 Å². The number of benzene rings is 1. The lowest BCUT2D eigenvalue weighted by molar-refractivity contribution is 0.0593. The van der Waals surface area contributed by atoms with Crippen molar-refractivity contribution < 1.29 is 4.74 Å². The van der Waals surface area contributed by atoms with E-state index in [0.717, 1.165) is 74.3 Å². The summed E-state index contributed by atoms with van der Waals surface area (Å²) in [4.78, 5) is 21.8. The highest BCUT2D eigenvalue weighted by molar-refractivity contribution is 5.80. The normalized spacial score (nSPS) is 23.1. The van der Waals surface area contributed by atoms with Crippen LogP contribution >= 0.6 is 0 Å². The van der Waals surface area contributed by atoms with Gasteiger partial charge in [-0.25, -0.2) is 4.68 Å². The molecule has 9 heteroatoms. The molecule has 37 heavy (non-hydrogen) atoms. The van der Waals surface area contributed by atoms with Crippen LogP contribution < -0.4 is 5.56 Å². The zero-order valence-electron chi connectivity index (χ0n) is 21.9. The lowest BCUT2D eigenvalue weighted by Gasteiger charge is -2.43. The molecular formula is C28H39N7O2. The van der Waals surface area contributed by atoms with E-state index in [-0.39, 0.29) is 17.7 Å². The Bertz CT molecular complexity index is 1250. The first-order valence-corrected chi connectivity index (χ1v) is 14.2. The molecule has 4 heterocycles. The molecule has 3 fully saturated rings. The number of hydrogen-bond acceptors (Lipinski definition) is 7. The highest BCUT2D eigenvalue weighted by atomic mass is 16.5. The molecule has 0 radical (unpaired) electrons. The maximum Gasteiger partial charge on any atom is 0.253 e. The Kier molecular flexibility index (Phi) is 7.35. The molecule has 6 rings (SSSR count). The van der Waals surface area contributed by atoms with Gasteiger partial charge in [-0.2, -0.15) is 0 Å². The highest BCUT2D eigenvalue weighted by Crippen LogP contribution is 2.30. The van der Waals surface area contributed by atoms with Crippen LogP contribution in [-0.2, 0) is 17.7 Å². The van der Waals surface area contributed by atoms with Crippen molar-refractivity contribution >= 4 is 10.9 Å². The van der Waals surface area contributed by atoms with Gasteiger partial charge in [-0.1, -0.05) is 32.3 Å². The van der Waals surface area contributed by atoms with Crippen molar-refractivity contribution in [2.24, 2.45) is 0 Å². The fraction of sp³-hybridized carbons (Fsp3) is 0.643. The van der Waals surface area contributed by atoms with Crippen molar-refractivity contribution in [3.63, 3.8) is 0 Å². The lowest BCUT2D eigenvalue weighted by atomic mass is 9.93. The summed E-state index contributed by atoms with van der Waals surface area (Å²) in [6.45, 7) is 7.37. The van der Waals surface area contributed by atoms with E-state index in [1.54, 1.807) is 0 Å². The summed E-state index contributed by atoms with van der Waals surface area (Å²) in [5.41, 5.74) is 2.77. The first-order valence-electron chi connectivity index (χ1n) is 14.2. The molecule has 2 saturated heterocycles. The number of tetrazole rings is 1. The number of nitrogens with zero attached hydrogens (tertiary/aromatic N) is 6. The van der Waals surface area contributed by atoms with Crippen molar-refractivity contribution in [1.82, 2.24) is 35.0 Å². The van der Waals surface area contributed by atoms with Crippen LogP contribution in [0.4, 0.5) is 0 Å². The van der Waals surface area contributed by atoms with Gasteiger partial charge in [-0.3, -0.25) is 14.6 Å². The number of ether oxygens (including phenoxy) is 1. The maximum absolute atomic E-state index is 13.5. The van der Waals surface area contributed by atoms with E-state index in [2.05, 4.69) is 55.4 Å². The molecule has 9 nitrogen and oxygen atoms in total. The second-order valence-corrected chi connectivity index (χ2v) is 10.9. The first-order chi connectivity index (χ1) is 18.2. The minimum Gasteiger partial charge on any atom is -0.376 e. The third-order valence-electron chi connectivity index (χ3n) is 8.65. The predicted molar refractivity (Wildman–Crippen MR) is 143 cm³/mol. The Balaban J connectivity index is 1.35. The van der Waals surface area contributed by atoms with E-state index < -0.39 is 0 Å². The van der Waals surface area contributed by atoms with Gasteiger partial charge in [0.15, 0.2) is 5.82 Å². The van der Waals surface area contributed by atoms with E-state index in [4.69, 9.17) is 4.74 Å². The highest BCUT2D eigenvalue weighted by Gasteiger charge is 2.35. The van der Waals surface area contributed by atoms with E-state index in [9.17, 15) is 4.79 Å². The number of aromatic amines is 1. The van der Waals surface area contributed by atoms with Crippen LogP contribution in [0.5, 0.6) is 0 Å². The molecule has 1 aromatic carbocycles. The van der Waals surface area contributed by atoms with Crippen molar-refractivity contribution in [1.29, 1.82) is 0 Å². The number of piperazine rings is 1. The molecule has 0 unspecified atom stereocenters. The number of nitrogens with one attached hydrogen (secondary N) is 1. The summed E-state index contributed by atoms with van der Waals surface area (Å²) >= 11 is 0. The van der Waals surface area contributed by atoms with Gasteiger partial charge in [0.25, 0.3) is 5.56 Å². The van der Waals surface area contributed by atoms with Crippen LogP contribution in [0.3, 0.4) is 0 Å². The molecule has 3 aliphatic rings. The molecule has 2 aromatic heterocycles. The van der Waals surface area contributed by atoms with Crippen LogP contribution in [-0.4, -0.2) is 79.9 Å². The van der Waals surface area contributed by atoms with Gasteiger partial charge in [0.1, 0.15) is 6.04 Å². The monoisotopic (exact) mass is 505 g/mol. The van der Waals surface area contributed by atoms with Crippen molar-refractivity contribution in [2.75, 3.05) is 32.8 Å². The zero-order valence-corrected chi connectivity index (χ0v) is 21.9. The molecule has 1 saturated carbocycles. The first kappa shape index (κ1) is 24.7. The number of hydrogen-bond donors (Lipinski definition) is 1. The minimum atomic E-state index is -0.302. The molecule has 0 spiro atoms. The standard InChI is InChI=1S/C28H39N7O2/c1-2-20-10-11-25-21(17-20)18-24(28(36)29-25)26(27-30-31-32-35(27)19-23-9-6-16-37-23)34-14-12-33(13-15-34)22-7-4-3-5-8-22/h10-11,17-18,22-23,26H,2-9,12-16,19H2,1H3,(H,29,36)/t23-,26+/m0/s1. The number of pyridine rings is 1. The topological polar surface area (TPSA) is 92.2 Å². The summed E-state index contributed by atoms with van der Waals surface area (Å²) in [6.07, 6.45) is 9.84. The van der Waals surface area contributed by atoms with Gasteiger partial charge in [0.2, 0.25) is 0 Å². The Labute approximate surface area is 218 Å². The Morgan fingerprint density at radius 3 is 2.65 bits per heavy atom. The van der Waals surface area contributed by atoms with Gasteiger partial charge in [0.05, 0.1) is 12.6 Å². The fourth-order valence-corrected chi connectivity index (χ4v) is 6.52. The third kappa shape index (κ3) is 5.22. The van der Waals surface area contributed by atoms with E-state index in [0.29, 0.717) is 12.6 Å².